The van der Waals surface area contributed by atoms with Crippen LogP contribution in [0.2, 0.25) is 0 Å². The lowest BCUT2D eigenvalue weighted by atomic mass is 10.0. The second kappa shape index (κ2) is 5.23. The van der Waals surface area contributed by atoms with E-state index >= 15 is 0 Å². The second-order valence-corrected chi connectivity index (χ2v) is 4.26. The molecule has 0 saturated carbocycles. The lowest BCUT2D eigenvalue weighted by molar-refractivity contribution is 0.742. The van der Waals surface area contributed by atoms with Gasteiger partial charge >= 0.3 is 0 Å². The SMILES string of the molecule is CC(C)c1[nH]c(=S)[nH]c(=O)c1CCCN. The van der Waals surface area contributed by atoms with Gasteiger partial charge < -0.3 is 10.7 Å². The Labute approximate surface area is 93.9 Å². The molecule has 0 aliphatic heterocycles. The van der Waals surface area contributed by atoms with Crippen molar-refractivity contribution in [1.29, 1.82) is 0 Å². The van der Waals surface area contributed by atoms with E-state index in [0.29, 0.717) is 17.7 Å². The van der Waals surface area contributed by atoms with E-state index in [-0.39, 0.29) is 11.5 Å². The fourth-order valence-corrected chi connectivity index (χ4v) is 1.75. The quantitative estimate of drug-likeness (QED) is 0.681. The second-order valence-electron chi connectivity index (χ2n) is 3.85. The van der Waals surface area contributed by atoms with Gasteiger partial charge in [0.15, 0.2) is 4.77 Å². The van der Waals surface area contributed by atoms with Crippen molar-refractivity contribution in [2.75, 3.05) is 6.54 Å². The molecule has 1 rings (SSSR count). The van der Waals surface area contributed by atoms with Gasteiger partial charge in [-0.05, 0) is 37.5 Å². The van der Waals surface area contributed by atoms with Gasteiger partial charge in [-0.2, -0.15) is 0 Å². The van der Waals surface area contributed by atoms with Crippen molar-refractivity contribution in [3.05, 3.63) is 26.4 Å². The van der Waals surface area contributed by atoms with Crippen molar-refractivity contribution in [3.8, 4) is 0 Å². The molecule has 0 fully saturated rings. The summed E-state index contributed by atoms with van der Waals surface area (Å²) in [5, 5.41) is 0. The average molecular weight is 227 g/mol. The fourth-order valence-electron chi connectivity index (χ4n) is 1.55. The molecule has 15 heavy (non-hydrogen) atoms. The highest BCUT2D eigenvalue weighted by atomic mass is 32.1. The minimum atomic E-state index is -0.0871. The van der Waals surface area contributed by atoms with Crippen LogP contribution in [-0.4, -0.2) is 16.5 Å². The van der Waals surface area contributed by atoms with Gasteiger partial charge in [0.25, 0.3) is 5.56 Å². The lowest BCUT2D eigenvalue weighted by Crippen LogP contribution is -2.19. The first-order chi connectivity index (χ1) is 7.06. The smallest absolute Gasteiger partial charge is 0.255 e. The van der Waals surface area contributed by atoms with Gasteiger partial charge in [0.05, 0.1) is 0 Å². The van der Waals surface area contributed by atoms with Crippen LogP contribution >= 0.6 is 12.2 Å². The topological polar surface area (TPSA) is 74.7 Å². The highest BCUT2D eigenvalue weighted by molar-refractivity contribution is 7.71. The molecule has 0 amide bonds. The molecule has 0 aromatic carbocycles. The molecule has 4 nitrogen and oxygen atoms in total. The summed E-state index contributed by atoms with van der Waals surface area (Å²) in [7, 11) is 0. The summed E-state index contributed by atoms with van der Waals surface area (Å²) in [4.78, 5) is 17.3. The van der Waals surface area contributed by atoms with Gasteiger partial charge in [0.1, 0.15) is 0 Å². The highest BCUT2D eigenvalue weighted by Crippen LogP contribution is 2.14. The average Bonchev–Trinajstić information content (AvgIpc) is 2.15. The summed E-state index contributed by atoms with van der Waals surface area (Å²) >= 11 is 4.94. The fraction of sp³-hybridized carbons (Fsp3) is 0.600. The largest absolute Gasteiger partial charge is 0.335 e. The Kier molecular flexibility index (Phi) is 4.23. The van der Waals surface area contributed by atoms with Gasteiger partial charge in [0, 0.05) is 11.3 Å². The van der Waals surface area contributed by atoms with E-state index in [1.54, 1.807) is 0 Å². The van der Waals surface area contributed by atoms with E-state index in [1.807, 2.05) is 13.8 Å². The standard InChI is InChI=1S/C10H17N3OS/c1-6(2)8-7(4-3-5-11)9(14)13-10(15)12-8/h6H,3-5,11H2,1-2H3,(H2,12,13,14,15). The zero-order valence-corrected chi connectivity index (χ0v) is 9.91. The number of rotatable bonds is 4. The van der Waals surface area contributed by atoms with Crippen molar-refractivity contribution < 1.29 is 0 Å². The Morgan fingerprint density at radius 3 is 2.60 bits per heavy atom. The molecular formula is C10H17N3OS. The molecule has 0 spiro atoms. The maximum absolute atomic E-state index is 11.7. The van der Waals surface area contributed by atoms with Crippen LogP contribution in [0.4, 0.5) is 0 Å². The third kappa shape index (κ3) is 3.00. The van der Waals surface area contributed by atoms with Crippen LogP contribution in [0.3, 0.4) is 0 Å². The molecule has 1 heterocycles. The summed E-state index contributed by atoms with van der Waals surface area (Å²) in [6.07, 6.45) is 1.51. The predicted molar refractivity (Wildman–Crippen MR) is 63.7 cm³/mol. The van der Waals surface area contributed by atoms with E-state index in [0.717, 1.165) is 17.7 Å². The van der Waals surface area contributed by atoms with Crippen LogP contribution in [0, 0.1) is 4.77 Å². The van der Waals surface area contributed by atoms with Gasteiger partial charge in [-0.1, -0.05) is 13.8 Å². The molecular weight excluding hydrogens is 210 g/mol. The molecule has 0 aliphatic rings. The maximum Gasteiger partial charge on any atom is 0.255 e. The minimum Gasteiger partial charge on any atom is -0.335 e. The molecule has 4 N–H and O–H groups in total. The van der Waals surface area contributed by atoms with Crippen LogP contribution in [0.1, 0.15) is 37.4 Å². The Bertz CT molecular complexity index is 433. The Balaban J connectivity index is 3.21. The van der Waals surface area contributed by atoms with E-state index in [9.17, 15) is 4.79 Å². The zero-order valence-electron chi connectivity index (χ0n) is 9.09. The highest BCUT2D eigenvalue weighted by Gasteiger charge is 2.10. The first-order valence-electron chi connectivity index (χ1n) is 5.11. The van der Waals surface area contributed by atoms with E-state index in [1.165, 1.54) is 0 Å². The monoisotopic (exact) mass is 227 g/mol. The molecule has 1 aromatic heterocycles. The minimum absolute atomic E-state index is 0.0871. The predicted octanol–water partition coefficient (Wildman–Crippen LogP) is 1.45. The van der Waals surface area contributed by atoms with Crippen LogP contribution < -0.4 is 11.3 Å². The number of aromatic nitrogens is 2. The van der Waals surface area contributed by atoms with E-state index in [2.05, 4.69) is 9.97 Å². The zero-order chi connectivity index (χ0) is 11.4. The maximum atomic E-state index is 11.7. The number of H-pyrrole nitrogens is 2. The summed E-state index contributed by atoms with van der Waals surface area (Å²) in [5.74, 6) is 0.266. The molecule has 0 atom stereocenters. The lowest BCUT2D eigenvalue weighted by Gasteiger charge is -2.11. The first-order valence-corrected chi connectivity index (χ1v) is 5.52. The summed E-state index contributed by atoms with van der Waals surface area (Å²) in [6, 6.07) is 0. The molecule has 0 radical (unpaired) electrons. The third-order valence-corrected chi connectivity index (χ3v) is 2.49. The molecule has 1 aromatic rings. The van der Waals surface area contributed by atoms with Crippen LogP contribution in [-0.2, 0) is 6.42 Å². The summed E-state index contributed by atoms with van der Waals surface area (Å²) < 4.78 is 0.389. The number of nitrogens with one attached hydrogen (secondary N) is 2. The molecule has 0 aliphatic carbocycles. The summed E-state index contributed by atoms with van der Waals surface area (Å²) in [6.45, 7) is 4.66. The molecule has 84 valence electrons. The Morgan fingerprint density at radius 1 is 1.40 bits per heavy atom. The van der Waals surface area contributed by atoms with Crippen molar-refractivity contribution >= 4 is 12.2 Å². The third-order valence-electron chi connectivity index (χ3n) is 2.28. The van der Waals surface area contributed by atoms with Crippen LogP contribution in [0.15, 0.2) is 4.79 Å². The van der Waals surface area contributed by atoms with Gasteiger partial charge in [0.2, 0.25) is 0 Å². The van der Waals surface area contributed by atoms with Crippen molar-refractivity contribution in [1.82, 2.24) is 9.97 Å². The Morgan fingerprint density at radius 2 is 2.07 bits per heavy atom. The van der Waals surface area contributed by atoms with Crippen LogP contribution in [0.5, 0.6) is 0 Å². The van der Waals surface area contributed by atoms with Crippen LogP contribution in [0.25, 0.3) is 0 Å². The van der Waals surface area contributed by atoms with Crippen molar-refractivity contribution in [2.24, 2.45) is 5.73 Å². The van der Waals surface area contributed by atoms with Gasteiger partial charge in [-0.3, -0.25) is 9.78 Å². The molecule has 0 unspecified atom stereocenters. The van der Waals surface area contributed by atoms with E-state index < -0.39 is 0 Å². The summed E-state index contributed by atoms with van der Waals surface area (Å²) in [5.41, 5.74) is 7.06. The number of aromatic amines is 2. The van der Waals surface area contributed by atoms with Gasteiger partial charge in [-0.15, -0.1) is 0 Å². The van der Waals surface area contributed by atoms with E-state index in [4.69, 9.17) is 18.0 Å². The normalized spacial score (nSPS) is 10.9. The number of hydrogen-bond donors (Lipinski definition) is 3. The molecule has 0 bridgehead atoms. The number of nitrogens with two attached hydrogens (primary N) is 1. The molecule has 5 heteroatoms. The van der Waals surface area contributed by atoms with Crippen molar-refractivity contribution in [2.45, 2.75) is 32.6 Å². The molecule has 0 saturated heterocycles. The first kappa shape index (κ1) is 12.1. The Hall–Kier alpha value is -0.940. The number of hydrogen-bond acceptors (Lipinski definition) is 3. The van der Waals surface area contributed by atoms with Crippen molar-refractivity contribution in [3.63, 3.8) is 0 Å². The van der Waals surface area contributed by atoms with Gasteiger partial charge in [-0.25, -0.2) is 0 Å².